The van der Waals surface area contributed by atoms with Crippen LogP contribution in [-0.4, -0.2) is 26.8 Å². The van der Waals surface area contributed by atoms with Crippen molar-refractivity contribution >= 4 is 10.8 Å². The van der Waals surface area contributed by atoms with Crippen LogP contribution in [0.5, 0.6) is 0 Å². The lowest BCUT2D eigenvalue weighted by Crippen LogP contribution is -2.30. The number of hydrogen-bond donors (Lipinski definition) is 2. The van der Waals surface area contributed by atoms with Crippen LogP contribution >= 0.6 is 0 Å². The van der Waals surface area contributed by atoms with Gasteiger partial charge < -0.3 is 15.8 Å². The predicted molar refractivity (Wildman–Crippen MR) is 75.6 cm³/mol. The maximum absolute atomic E-state index is 5.83. The molecule has 0 amide bonds. The lowest BCUT2D eigenvalue weighted by molar-refractivity contribution is 0.196. The summed E-state index contributed by atoms with van der Waals surface area (Å²) in [6.45, 7) is 2.09. The fourth-order valence-electron chi connectivity index (χ4n) is 2.10. The molecule has 0 saturated heterocycles. The van der Waals surface area contributed by atoms with Crippen LogP contribution < -0.4 is 11.1 Å². The van der Waals surface area contributed by atoms with Gasteiger partial charge in [0.25, 0.3) is 0 Å². The van der Waals surface area contributed by atoms with Crippen LogP contribution in [0, 0.1) is 0 Å². The Morgan fingerprint density at radius 3 is 2.67 bits per heavy atom. The molecule has 0 aliphatic rings. The second kappa shape index (κ2) is 6.50. The van der Waals surface area contributed by atoms with E-state index in [0.717, 1.165) is 6.54 Å². The zero-order valence-electron chi connectivity index (χ0n) is 10.7. The first-order valence-electron chi connectivity index (χ1n) is 6.26. The summed E-state index contributed by atoms with van der Waals surface area (Å²) in [6.07, 6.45) is 0. The monoisotopic (exact) mass is 244 g/mol. The molecule has 0 aliphatic heterocycles. The zero-order valence-corrected chi connectivity index (χ0v) is 10.7. The molecule has 0 fully saturated rings. The Hall–Kier alpha value is -1.42. The second-order valence-corrected chi connectivity index (χ2v) is 4.34. The maximum atomic E-state index is 5.83. The summed E-state index contributed by atoms with van der Waals surface area (Å²) >= 11 is 0. The number of nitrogens with two attached hydrogens (primary N) is 1. The molecule has 3 N–H and O–H groups in total. The quantitative estimate of drug-likeness (QED) is 0.765. The highest BCUT2D eigenvalue weighted by Crippen LogP contribution is 2.19. The van der Waals surface area contributed by atoms with E-state index in [1.54, 1.807) is 7.11 Å². The third-order valence-electron chi connectivity index (χ3n) is 3.11. The van der Waals surface area contributed by atoms with Gasteiger partial charge >= 0.3 is 0 Å². The average molecular weight is 244 g/mol. The summed E-state index contributed by atoms with van der Waals surface area (Å²) in [4.78, 5) is 0. The first-order valence-corrected chi connectivity index (χ1v) is 6.26. The van der Waals surface area contributed by atoms with Gasteiger partial charge in [-0.1, -0.05) is 36.4 Å². The van der Waals surface area contributed by atoms with Crippen molar-refractivity contribution in [1.29, 1.82) is 0 Å². The van der Waals surface area contributed by atoms with E-state index >= 15 is 0 Å². The first kappa shape index (κ1) is 13.0. The predicted octanol–water partition coefficient (Wildman–Crippen LogP) is 2.08. The van der Waals surface area contributed by atoms with E-state index < -0.39 is 0 Å². The van der Waals surface area contributed by atoms with Gasteiger partial charge in [-0.05, 0) is 22.4 Å². The van der Waals surface area contributed by atoms with Crippen molar-refractivity contribution in [2.45, 2.75) is 6.04 Å². The molecule has 0 aliphatic carbocycles. The Morgan fingerprint density at radius 2 is 1.94 bits per heavy atom. The number of fused-ring (bicyclic) bond motifs is 1. The van der Waals surface area contributed by atoms with E-state index in [2.05, 4.69) is 47.8 Å². The summed E-state index contributed by atoms with van der Waals surface area (Å²) in [5, 5.41) is 5.91. The Balaban J connectivity index is 2.17. The molecule has 3 nitrogen and oxygen atoms in total. The van der Waals surface area contributed by atoms with Gasteiger partial charge in [-0.15, -0.1) is 0 Å². The summed E-state index contributed by atoms with van der Waals surface area (Å²) in [6, 6.07) is 15.0. The fourth-order valence-corrected chi connectivity index (χ4v) is 2.10. The molecule has 2 aromatic carbocycles. The number of ether oxygens (including phenoxy) is 1. The third kappa shape index (κ3) is 3.07. The SMILES string of the molecule is COCCNC(CN)c1ccc2ccccc2c1. The molecule has 0 radical (unpaired) electrons. The van der Waals surface area contributed by atoms with Crippen LogP contribution in [-0.2, 0) is 4.74 Å². The number of nitrogens with one attached hydrogen (secondary N) is 1. The Bertz CT molecular complexity index is 499. The molecule has 0 aromatic heterocycles. The van der Waals surface area contributed by atoms with Gasteiger partial charge in [0.05, 0.1) is 6.61 Å². The van der Waals surface area contributed by atoms with Crippen molar-refractivity contribution in [2.24, 2.45) is 5.73 Å². The summed E-state index contributed by atoms with van der Waals surface area (Å²) < 4.78 is 5.04. The molecular weight excluding hydrogens is 224 g/mol. The second-order valence-electron chi connectivity index (χ2n) is 4.34. The van der Waals surface area contributed by atoms with Crippen LogP contribution in [0.4, 0.5) is 0 Å². The molecule has 18 heavy (non-hydrogen) atoms. The molecule has 0 spiro atoms. The van der Waals surface area contributed by atoms with Gasteiger partial charge in [0.2, 0.25) is 0 Å². The third-order valence-corrected chi connectivity index (χ3v) is 3.11. The van der Waals surface area contributed by atoms with E-state index in [1.807, 2.05) is 0 Å². The largest absolute Gasteiger partial charge is 0.383 e. The smallest absolute Gasteiger partial charge is 0.0587 e. The molecule has 1 unspecified atom stereocenters. The van der Waals surface area contributed by atoms with Gasteiger partial charge in [0.15, 0.2) is 0 Å². The summed E-state index contributed by atoms with van der Waals surface area (Å²) in [5.74, 6) is 0. The number of methoxy groups -OCH3 is 1. The van der Waals surface area contributed by atoms with Crippen LogP contribution in [0.1, 0.15) is 11.6 Å². The van der Waals surface area contributed by atoms with Crippen molar-refractivity contribution in [2.75, 3.05) is 26.8 Å². The summed E-state index contributed by atoms with van der Waals surface area (Å²) in [7, 11) is 1.70. The highest BCUT2D eigenvalue weighted by molar-refractivity contribution is 5.83. The van der Waals surface area contributed by atoms with Crippen LogP contribution in [0.25, 0.3) is 10.8 Å². The molecule has 0 heterocycles. The minimum atomic E-state index is 0.185. The van der Waals surface area contributed by atoms with Crippen molar-refractivity contribution < 1.29 is 4.74 Å². The highest BCUT2D eigenvalue weighted by Gasteiger charge is 2.08. The molecular formula is C15H20N2O. The molecule has 1 atom stereocenters. The van der Waals surface area contributed by atoms with Crippen molar-refractivity contribution in [3.8, 4) is 0 Å². The Kier molecular flexibility index (Phi) is 4.70. The van der Waals surface area contributed by atoms with E-state index in [4.69, 9.17) is 10.5 Å². The van der Waals surface area contributed by atoms with Crippen LogP contribution in [0.15, 0.2) is 42.5 Å². The number of benzene rings is 2. The summed E-state index contributed by atoms with van der Waals surface area (Å²) in [5.41, 5.74) is 7.06. The number of rotatable bonds is 6. The number of hydrogen-bond acceptors (Lipinski definition) is 3. The van der Waals surface area contributed by atoms with Gasteiger partial charge in [0.1, 0.15) is 0 Å². The van der Waals surface area contributed by atoms with Gasteiger partial charge in [-0.25, -0.2) is 0 Å². The Labute approximate surface area is 108 Å². The zero-order chi connectivity index (χ0) is 12.8. The highest BCUT2D eigenvalue weighted by atomic mass is 16.5. The van der Waals surface area contributed by atoms with E-state index in [1.165, 1.54) is 16.3 Å². The standard InChI is InChI=1S/C15H20N2O/c1-18-9-8-17-15(11-16)14-7-6-12-4-2-3-5-13(12)10-14/h2-7,10,15,17H,8-9,11,16H2,1H3. The molecule has 3 heteroatoms. The van der Waals surface area contributed by atoms with E-state index in [-0.39, 0.29) is 6.04 Å². The molecule has 96 valence electrons. The average Bonchev–Trinajstić information content (AvgIpc) is 2.43. The maximum Gasteiger partial charge on any atom is 0.0587 e. The molecule has 2 rings (SSSR count). The van der Waals surface area contributed by atoms with E-state index in [0.29, 0.717) is 13.2 Å². The normalized spacial score (nSPS) is 12.8. The minimum absolute atomic E-state index is 0.185. The molecule has 0 saturated carbocycles. The molecule has 2 aromatic rings. The van der Waals surface area contributed by atoms with Gasteiger partial charge in [-0.2, -0.15) is 0 Å². The van der Waals surface area contributed by atoms with E-state index in [9.17, 15) is 0 Å². The lowest BCUT2D eigenvalue weighted by atomic mass is 10.0. The lowest BCUT2D eigenvalue weighted by Gasteiger charge is -2.17. The van der Waals surface area contributed by atoms with Crippen LogP contribution in [0.2, 0.25) is 0 Å². The minimum Gasteiger partial charge on any atom is -0.383 e. The van der Waals surface area contributed by atoms with Gasteiger partial charge in [0, 0.05) is 26.2 Å². The topological polar surface area (TPSA) is 47.3 Å². The Morgan fingerprint density at radius 1 is 1.17 bits per heavy atom. The molecule has 0 bridgehead atoms. The van der Waals surface area contributed by atoms with Crippen molar-refractivity contribution in [3.05, 3.63) is 48.0 Å². The van der Waals surface area contributed by atoms with Gasteiger partial charge in [-0.3, -0.25) is 0 Å². The van der Waals surface area contributed by atoms with Crippen molar-refractivity contribution in [1.82, 2.24) is 5.32 Å². The first-order chi connectivity index (χ1) is 8.85. The van der Waals surface area contributed by atoms with Crippen LogP contribution in [0.3, 0.4) is 0 Å². The fraction of sp³-hybridized carbons (Fsp3) is 0.333. The van der Waals surface area contributed by atoms with Crippen molar-refractivity contribution in [3.63, 3.8) is 0 Å².